The topological polar surface area (TPSA) is 89.7 Å². The minimum Gasteiger partial charge on any atom is -0.480 e. The van der Waals surface area contributed by atoms with Gasteiger partial charge in [-0.05, 0) is 30.7 Å². The Labute approximate surface area is 147 Å². The fourth-order valence-electron chi connectivity index (χ4n) is 4.01. The Bertz CT molecular complexity index is 677. The Morgan fingerprint density at radius 1 is 1.40 bits per heavy atom. The number of carbonyl (C=O) groups is 1. The molecule has 1 spiro atoms. The first kappa shape index (κ1) is 17.5. The lowest BCUT2D eigenvalue weighted by atomic mass is 9.72. The van der Waals surface area contributed by atoms with Gasteiger partial charge in [0.1, 0.15) is 11.6 Å². The number of rotatable bonds is 4. The van der Waals surface area contributed by atoms with Crippen LogP contribution in [0.5, 0.6) is 5.88 Å². The van der Waals surface area contributed by atoms with Gasteiger partial charge in [-0.1, -0.05) is 0 Å². The van der Waals surface area contributed by atoms with Gasteiger partial charge in [0, 0.05) is 38.8 Å². The van der Waals surface area contributed by atoms with Crippen molar-refractivity contribution in [2.75, 3.05) is 44.8 Å². The number of aliphatic hydroxyl groups is 1. The molecule has 2 aliphatic rings. The maximum atomic E-state index is 12.0. The molecule has 2 fully saturated rings. The first-order chi connectivity index (χ1) is 12.1. The molecule has 0 aromatic carbocycles. The minimum atomic E-state index is 0.0102. The standard InChI is InChI=1S/C18H24N4O3/c1-25-17-14(12-19)15(3-7-20-17)21-8-5-18(6-9-21)4-2-16(24)22(13-18)10-11-23/h3,7,23H,2,4-6,8-11,13H2,1H3. The summed E-state index contributed by atoms with van der Waals surface area (Å²) >= 11 is 0. The van der Waals surface area contributed by atoms with E-state index in [1.807, 2.05) is 6.07 Å². The van der Waals surface area contributed by atoms with Crippen molar-refractivity contribution >= 4 is 11.6 Å². The van der Waals surface area contributed by atoms with Crippen LogP contribution in [0, 0.1) is 16.7 Å². The van der Waals surface area contributed by atoms with Gasteiger partial charge in [0.25, 0.3) is 0 Å². The number of carbonyl (C=O) groups excluding carboxylic acids is 1. The number of amides is 1. The van der Waals surface area contributed by atoms with Gasteiger partial charge in [-0.2, -0.15) is 5.26 Å². The largest absolute Gasteiger partial charge is 0.480 e. The van der Waals surface area contributed by atoms with E-state index in [-0.39, 0.29) is 17.9 Å². The van der Waals surface area contributed by atoms with Gasteiger partial charge >= 0.3 is 0 Å². The molecule has 3 heterocycles. The van der Waals surface area contributed by atoms with Crippen molar-refractivity contribution in [1.29, 1.82) is 5.26 Å². The molecule has 134 valence electrons. The highest BCUT2D eigenvalue weighted by Gasteiger charge is 2.41. The second-order valence-electron chi connectivity index (χ2n) is 6.85. The molecular weight excluding hydrogens is 320 g/mol. The van der Waals surface area contributed by atoms with Gasteiger partial charge in [0.05, 0.1) is 19.4 Å². The molecule has 1 N–H and O–H groups in total. The number of anilines is 1. The number of ether oxygens (including phenoxy) is 1. The second kappa shape index (κ2) is 7.28. The quantitative estimate of drug-likeness (QED) is 0.882. The van der Waals surface area contributed by atoms with Crippen LogP contribution in [-0.2, 0) is 4.79 Å². The molecule has 2 saturated heterocycles. The van der Waals surface area contributed by atoms with E-state index in [0.29, 0.717) is 24.4 Å². The van der Waals surface area contributed by atoms with E-state index in [1.54, 1.807) is 11.1 Å². The number of nitriles is 1. The molecule has 7 heteroatoms. The lowest BCUT2D eigenvalue weighted by Crippen LogP contribution is -2.52. The predicted octanol–water partition coefficient (Wildman–Crippen LogP) is 1.16. The summed E-state index contributed by atoms with van der Waals surface area (Å²) in [6, 6.07) is 4.07. The molecular formula is C18H24N4O3. The second-order valence-corrected chi connectivity index (χ2v) is 6.85. The molecule has 0 unspecified atom stereocenters. The fraction of sp³-hybridized carbons (Fsp3) is 0.611. The summed E-state index contributed by atoms with van der Waals surface area (Å²) in [5.74, 6) is 0.505. The van der Waals surface area contributed by atoms with E-state index in [4.69, 9.17) is 4.74 Å². The molecule has 1 aromatic heterocycles. The molecule has 25 heavy (non-hydrogen) atoms. The summed E-state index contributed by atoms with van der Waals surface area (Å²) in [6.45, 7) is 2.83. The third kappa shape index (κ3) is 3.40. The van der Waals surface area contributed by atoms with E-state index in [2.05, 4.69) is 16.0 Å². The number of hydrogen-bond acceptors (Lipinski definition) is 6. The molecule has 3 rings (SSSR count). The van der Waals surface area contributed by atoms with Crippen LogP contribution in [0.15, 0.2) is 12.3 Å². The van der Waals surface area contributed by atoms with E-state index in [9.17, 15) is 15.2 Å². The van der Waals surface area contributed by atoms with Gasteiger partial charge < -0.3 is 19.6 Å². The van der Waals surface area contributed by atoms with E-state index < -0.39 is 0 Å². The highest BCUT2D eigenvalue weighted by Crippen LogP contribution is 2.41. The number of aliphatic hydroxyl groups excluding tert-OH is 1. The third-order valence-electron chi connectivity index (χ3n) is 5.48. The van der Waals surface area contributed by atoms with Crippen LogP contribution in [0.4, 0.5) is 5.69 Å². The lowest BCUT2D eigenvalue weighted by Gasteiger charge is -2.48. The monoisotopic (exact) mass is 344 g/mol. The van der Waals surface area contributed by atoms with Crippen LogP contribution in [0.3, 0.4) is 0 Å². The average molecular weight is 344 g/mol. The number of aromatic nitrogens is 1. The molecule has 1 aromatic rings. The van der Waals surface area contributed by atoms with Gasteiger partial charge in [0.2, 0.25) is 11.8 Å². The van der Waals surface area contributed by atoms with E-state index >= 15 is 0 Å². The van der Waals surface area contributed by atoms with E-state index in [0.717, 1.165) is 44.6 Å². The minimum absolute atomic E-state index is 0.0102. The molecule has 2 aliphatic heterocycles. The number of likely N-dealkylation sites (tertiary alicyclic amines) is 1. The average Bonchev–Trinajstić information content (AvgIpc) is 2.65. The zero-order valence-electron chi connectivity index (χ0n) is 14.6. The van der Waals surface area contributed by atoms with E-state index in [1.165, 1.54) is 7.11 Å². The smallest absolute Gasteiger partial charge is 0.233 e. The molecule has 1 amide bonds. The molecule has 0 saturated carbocycles. The SMILES string of the molecule is COc1nccc(N2CCC3(CCC(=O)N(CCO)C3)CC2)c1C#N. The summed E-state index contributed by atoms with van der Waals surface area (Å²) in [5.41, 5.74) is 1.47. The van der Waals surface area contributed by atoms with Crippen LogP contribution < -0.4 is 9.64 Å². The van der Waals surface area contributed by atoms with Crippen molar-refractivity contribution in [2.24, 2.45) is 5.41 Å². The van der Waals surface area contributed by atoms with Gasteiger partial charge in [-0.25, -0.2) is 4.98 Å². The van der Waals surface area contributed by atoms with Crippen molar-refractivity contribution in [3.05, 3.63) is 17.8 Å². The predicted molar refractivity (Wildman–Crippen MR) is 92.3 cm³/mol. The van der Waals surface area contributed by atoms with Crippen LogP contribution in [0.2, 0.25) is 0 Å². The zero-order valence-corrected chi connectivity index (χ0v) is 14.6. The lowest BCUT2D eigenvalue weighted by molar-refractivity contribution is -0.138. The van der Waals surface area contributed by atoms with Crippen LogP contribution in [0.1, 0.15) is 31.2 Å². The molecule has 0 atom stereocenters. The van der Waals surface area contributed by atoms with Crippen molar-refractivity contribution in [3.63, 3.8) is 0 Å². The Hall–Kier alpha value is -2.33. The summed E-state index contributed by atoms with van der Waals surface area (Å²) in [5, 5.41) is 18.6. The summed E-state index contributed by atoms with van der Waals surface area (Å²) < 4.78 is 5.20. The molecule has 0 bridgehead atoms. The maximum Gasteiger partial charge on any atom is 0.233 e. The van der Waals surface area contributed by atoms with Crippen molar-refractivity contribution in [2.45, 2.75) is 25.7 Å². The Balaban J connectivity index is 1.72. The molecule has 0 aliphatic carbocycles. The zero-order chi connectivity index (χ0) is 17.9. The molecule has 7 nitrogen and oxygen atoms in total. The number of pyridine rings is 1. The Kier molecular flexibility index (Phi) is 5.09. The third-order valence-corrected chi connectivity index (χ3v) is 5.48. The summed E-state index contributed by atoms with van der Waals surface area (Å²) in [4.78, 5) is 20.1. The summed E-state index contributed by atoms with van der Waals surface area (Å²) in [7, 11) is 1.52. The fourth-order valence-corrected chi connectivity index (χ4v) is 4.01. The number of β-amino-alcohol motifs (C(OH)–C–C–N with tert-alkyl or cyclic N) is 1. The Morgan fingerprint density at radius 2 is 2.16 bits per heavy atom. The van der Waals surface area contributed by atoms with Crippen molar-refractivity contribution < 1.29 is 14.6 Å². The van der Waals surface area contributed by atoms with Gasteiger partial charge in [0.15, 0.2) is 0 Å². The number of hydrogen-bond donors (Lipinski definition) is 1. The van der Waals surface area contributed by atoms with Crippen LogP contribution in [-0.4, -0.2) is 60.8 Å². The van der Waals surface area contributed by atoms with Crippen LogP contribution >= 0.6 is 0 Å². The number of nitrogens with zero attached hydrogens (tertiary/aromatic N) is 4. The van der Waals surface area contributed by atoms with Crippen molar-refractivity contribution in [3.8, 4) is 11.9 Å². The first-order valence-corrected chi connectivity index (χ1v) is 8.69. The highest BCUT2D eigenvalue weighted by atomic mass is 16.5. The summed E-state index contributed by atoms with van der Waals surface area (Å²) in [6.07, 6.45) is 5.08. The Morgan fingerprint density at radius 3 is 2.80 bits per heavy atom. The van der Waals surface area contributed by atoms with Crippen LogP contribution in [0.25, 0.3) is 0 Å². The van der Waals surface area contributed by atoms with Gasteiger partial charge in [-0.15, -0.1) is 0 Å². The maximum absolute atomic E-state index is 12.0. The van der Waals surface area contributed by atoms with Crippen molar-refractivity contribution in [1.82, 2.24) is 9.88 Å². The van der Waals surface area contributed by atoms with Gasteiger partial charge in [-0.3, -0.25) is 4.79 Å². The highest BCUT2D eigenvalue weighted by molar-refractivity contribution is 5.77. The molecule has 0 radical (unpaired) electrons. The normalized spacial score (nSPS) is 19.8. The number of methoxy groups -OCH3 is 1. The number of piperidine rings is 2. The first-order valence-electron chi connectivity index (χ1n) is 8.69.